The van der Waals surface area contributed by atoms with Crippen molar-refractivity contribution in [2.75, 3.05) is 26.2 Å². The van der Waals surface area contributed by atoms with Crippen LogP contribution in [0.25, 0.3) is 17.2 Å². The third-order valence-corrected chi connectivity index (χ3v) is 3.93. The van der Waals surface area contributed by atoms with Gasteiger partial charge in [-0.25, -0.2) is 4.98 Å². The second kappa shape index (κ2) is 6.64. The minimum Gasteiger partial charge on any atom is -0.437 e. The zero-order valence-corrected chi connectivity index (χ0v) is 13.1. The molecule has 0 N–H and O–H groups in total. The van der Waals surface area contributed by atoms with Crippen LogP contribution in [0.4, 0.5) is 0 Å². The van der Waals surface area contributed by atoms with Crippen molar-refractivity contribution in [2.24, 2.45) is 0 Å². The van der Waals surface area contributed by atoms with Gasteiger partial charge in [-0.3, -0.25) is 9.59 Å². The summed E-state index contributed by atoms with van der Waals surface area (Å²) >= 11 is 0. The van der Waals surface area contributed by atoms with E-state index in [1.54, 1.807) is 22.8 Å². The van der Waals surface area contributed by atoms with E-state index in [0.29, 0.717) is 37.7 Å². The first kappa shape index (κ1) is 15.3. The highest BCUT2D eigenvalue weighted by atomic mass is 16.3. The van der Waals surface area contributed by atoms with Gasteiger partial charge in [0.15, 0.2) is 5.58 Å². The highest BCUT2D eigenvalue weighted by Crippen LogP contribution is 2.15. The van der Waals surface area contributed by atoms with Crippen LogP contribution in [0.15, 0.2) is 34.8 Å². The summed E-state index contributed by atoms with van der Waals surface area (Å²) < 4.78 is 5.56. The zero-order chi connectivity index (χ0) is 16.2. The van der Waals surface area contributed by atoms with Crippen molar-refractivity contribution < 1.29 is 14.0 Å². The second-order valence-corrected chi connectivity index (χ2v) is 5.54. The first-order valence-electron chi connectivity index (χ1n) is 7.71. The number of rotatable bonds is 2. The van der Waals surface area contributed by atoms with Crippen molar-refractivity contribution in [2.45, 2.75) is 13.3 Å². The fraction of sp³-hybridized carbons (Fsp3) is 0.353. The molecule has 1 aromatic carbocycles. The highest BCUT2D eigenvalue weighted by molar-refractivity contribution is 5.91. The van der Waals surface area contributed by atoms with E-state index in [4.69, 9.17) is 4.42 Å². The Hall–Kier alpha value is -2.63. The summed E-state index contributed by atoms with van der Waals surface area (Å²) in [6.45, 7) is 4.05. The van der Waals surface area contributed by atoms with Crippen LogP contribution in [0.3, 0.4) is 0 Å². The van der Waals surface area contributed by atoms with E-state index < -0.39 is 0 Å². The molecule has 6 nitrogen and oxygen atoms in total. The van der Waals surface area contributed by atoms with Crippen molar-refractivity contribution >= 4 is 29.0 Å². The Morgan fingerprint density at radius 2 is 1.87 bits per heavy atom. The number of amides is 2. The smallest absolute Gasteiger partial charge is 0.246 e. The van der Waals surface area contributed by atoms with E-state index in [9.17, 15) is 9.59 Å². The lowest BCUT2D eigenvalue weighted by Crippen LogP contribution is -2.35. The van der Waals surface area contributed by atoms with Gasteiger partial charge in [-0.15, -0.1) is 0 Å². The Kier molecular flexibility index (Phi) is 4.41. The molecule has 2 heterocycles. The van der Waals surface area contributed by atoms with Crippen LogP contribution in [-0.4, -0.2) is 52.8 Å². The minimum absolute atomic E-state index is 0.0568. The number of hydrogen-bond donors (Lipinski definition) is 0. The summed E-state index contributed by atoms with van der Waals surface area (Å²) in [6, 6.07) is 7.47. The van der Waals surface area contributed by atoms with E-state index in [0.717, 1.165) is 11.9 Å². The number of hydrogen-bond acceptors (Lipinski definition) is 4. The summed E-state index contributed by atoms with van der Waals surface area (Å²) in [7, 11) is 0. The average Bonchev–Trinajstić information content (AvgIpc) is 2.79. The van der Waals surface area contributed by atoms with E-state index in [-0.39, 0.29) is 11.8 Å². The number of oxazole rings is 1. The highest BCUT2D eigenvalue weighted by Gasteiger charge is 2.18. The molecule has 1 aromatic heterocycles. The van der Waals surface area contributed by atoms with Gasteiger partial charge in [-0.05, 0) is 18.6 Å². The van der Waals surface area contributed by atoms with Crippen LogP contribution in [0, 0.1) is 0 Å². The maximum Gasteiger partial charge on any atom is 0.246 e. The fourth-order valence-electron chi connectivity index (χ4n) is 2.66. The molecule has 120 valence electrons. The topological polar surface area (TPSA) is 66.7 Å². The monoisotopic (exact) mass is 313 g/mol. The lowest BCUT2D eigenvalue weighted by atomic mass is 10.3. The SMILES string of the molecule is CC(=O)N1CCCN(C(=O)/C=C/c2nc3ccccc3o2)CC1. The molecule has 23 heavy (non-hydrogen) atoms. The molecular weight excluding hydrogens is 294 g/mol. The van der Waals surface area contributed by atoms with Crippen LogP contribution in [0.2, 0.25) is 0 Å². The molecule has 0 saturated carbocycles. The maximum absolute atomic E-state index is 12.3. The summed E-state index contributed by atoms with van der Waals surface area (Å²) in [5.74, 6) is 0.388. The van der Waals surface area contributed by atoms with E-state index in [1.807, 2.05) is 24.3 Å². The van der Waals surface area contributed by atoms with Crippen LogP contribution in [0.5, 0.6) is 0 Å². The summed E-state index contributed by atoms with van der Waals surface area (Å²) in [5.41, 5.74) is 1.47. The first-order chi connectivity index (χ1) is 11.1. The van der Waals surface area contributed by atoms with Gasteiger partial charge < -0.3 is 14.2 Å². The summed E-state index contributed by atoms with van der Waals surface area (Å²) in [6.07, 6.45) is 3.87. The third kappa shape index (κ3) is 3.59. The molecule has 1 fully saturated rings. The predicted octanol–water partition coefficient (Wildman–Crippen LogP) is 1.92. The number of para-hydroxylation sites is 2. The van der Waals surface area contributed by atoms with Gasteiger partial charge >= 0.3 is 0 Å². The largest absolute Gasteiger partial charge is 0.437 e. The van der Waals surface area contributed by atoms with Crippen molar-refractivity contribution in [3.63, 3.8) is 0 Å². The molecule has 6 heteroatoms. The molecule has 0 atom stereocenters. The quantitative estimate of drug-likeness (QED) is 0.795. The van der Waals surface area contributed by atoms with Crippen molar-refractivity contribution in [3.05, 3.63) is 36.2 Å². The zero-order valence-electron chi connectivity index (χ0n) is 13.1. The number of nitrogens with zero attached hydrogens (tertiary/aromatic N) is 3. The normalized spacial score (nSPS) is 16.0. The lowest BCUT2D eigenvalue weighted by Gasteiger charge is -2.20. The molecule has 0 aliphatic carbocycles. The molecule has 0 spiro atoms. The lowest BCUT2D eigenvalue weighted by molar-refractivity contribution is -0.130. The number of carbonyl (C=O) groups excluding carboxylic acids is 2. The molecule has 1 aliphatic heterocycles. The van der Waals surface area contributed by atoms with Gasteiger partial charge in [-0.2, -0.15) is 0 Å². The minimum atomic E-state index is -0.0855. The van der Waals surface area contributed by atoms with Gasteiger partial charge in [0.2, 0.25) is 17.7 Å². The van der Waals surface area contributed by atoms with Crippen molar-refractivity contribution in [1.29, 1.82) is 0 Å². The van der Waals surface area contributed by atoms with E-state index in [2.05, 4.69) is 4.98 Å². The van der Waals surface area contributed by atoms with Gasteiger partial charge in [-0.1, -0.05) is 12.1 Å². The molecule has 1 saturated heterocycles. The summed E-state index contributed by atoms with van der Waals surface area (Å²) in [4.78, 5) is 31.5. The molecule has 1 aliphatic rings. The molecule has 2 amide bonds. The maximum atomic E-state index is 12.3. The molecule has 0 radical (unpaired) electrons. The molecular formula is C17H19N3O3. The van der Waals surface area contributed by atoms with Crippen LogP contribution < -0.4 is 0 Å². The van der Waals surface area contributed by atoms with Crippen molar-refractivity contribution in [1.82, 2.24) is 14.8 Å². The number of aromatic nitrogens is 1. The van der Waals surface area contributed by atoms with Gasteiger partial charge in [0.1, 0.15) is 5.52 Å². The Bertz CT molecular complexity index is 717. The predicted molar refractivity (Wildman–Crippen MR) is 86.5 cm³/mol. The molecule has 0 unspecified atom stereocenters. The Morgan fingerprint density at radius 1 is 1.13 bits per heavy atom. The molecule has 0 bridgehead atoms. The Balaban J connectivity index is 1.65. The molecule has 3 rings (SSSR count). The van der Waals surface area contributed by atoms with Gasteiger partial charge in [0.05, 0.1) is 0 Å². The van der Waals surface area contributed by atoms with Gasteiger partial charge in [0, 0.05) is 45.3 Å². The van der Waals surface area contributed by atoms with Crippen LogP contribution >= 0.6 is 0 Å². The van der Waals surface area contributed by atoms with E-state index in [1.165, 1.54) is 6.08 Å². The number of benzene rings is 1. The Labute approximate surface area is 134 Å². The average molecular weight is 313 g/mol. The van der Waals surface area contributed by atoms with E-state index >= 15 is 0 Å². The molecule has 2 aromatic rings. The Morgan fingerprint density at radius 3 is 2.65 bits per heavy atom. The van der Waals surface area contributed by atoms with Crippen LogP contribution in [-0.2, 0) is 9.59 Å². The number of fused-ring (bicyclic) bond motifs is 1. The fourth-order valence-corrected chi connectivity index (χ4v) is 2.66. The third-order valence-electron chi connectivity index (χ3n) is 3.93. The number of carbonyl (C=O) groups is 2. The second-order valence-electron chi connectivity index (χ2n) is 5.54. The van der Waals surface area contributed by atoms with Crippen molar-refractivity contribution in [3.8, 4) is 0 Å². The standard InChI is InChI=1S/C17H19N3O3/c1-13(21)19-9-4-10-20(12-11-19)17(22)8-7-16-18-14-5-2-3-6-15(14)23-16/h2-3,5-8H,4,9-12H2,1H3/b8-7+. The van der Waals surface area contributed by atoms with Gasteiger partial charge in [0.25, 0.3) is 0 Å². The first-order valence-corrected chi connectivity index (χ1v) is 7.71. The van der Waals surface area contributed by atoms with Crippen LogP contribution in [0.1, 0.15) is 19.2 Å². The summed E-state index contributed by atoms with van der Waals surface area (Å²) in [5, 5.41) is 0.